The lowest BCUT2D eigenvalue weighted by Crippen LogP contribution is -2.27. The minimum atomic E-state index is -3.69. The molecule has 0 saturated carbocycles. The lowest BCUT2D eigenvalue weighted by atomic mass is 10.1. The second kappa shape index (κ2) is 5.38. The van der Waals surface area contributed by atoms with Gasteiger partial charge in [-0.25, -0.2) is 18.4 Å². The molecule has 0 saturated heterocycles. The molecule has 5 nitrogen and oxygen atoms in total. The van der Waals surface area contributed by atoms with E-state index in [2.05, 4.69) is 9.97 Å². The van der Waals surface area contributed by atoms with Crippen molar-refractivity contribution < 1.29 is 8.42 Å². The molecule has 0 atom stereocenters. The third kappa shape index (κ3) is 2.76. The van der Waals surface area contributed by atoms with E-state index in [0.29, 0.717) is 5.69 Å². The van der Waals surface area contributed by atoms with Crippen LogP contribution in [-0.4, -0.2) is 25.4 Å². The molecule has 0 unspecified atom stereocenters. The molecule has 2 rings (SSSR count). The molecule has 1 heterocycles. The average Bonchev–Trinajstić information content (AvgIpc) is 2.38. The van der Waals surface area contributed by atoms with Crippen molar-refractivity contribution in [2.45, 2.75) is 18.7 Å². The SMILES string of the molecule is Cc1ccc(N(C)S(=O)(=O)c2cnc(Cl)nc2)c(C)c1. The molecule has 0 amide bonds. The Balaban J connectivity index is 2.45. The van der Waals surface area contributed by atoms with Crippen LogP contribution in [0, 0.1) is 13.8 Å². The highest BCUT2D eigenvalue weighted by Gasteiger charge is 2.23. The topological polar surface area (TPSA) is 63.2 Å². The first-order valence-corrected chi connectivity index (χ1v) is 7.68. The second-order valence-electron chi connectivity index (χ2n) is 4.45. The maximum Gasteiger partial charge on any atom is 0.267 e. The van der Waals surface area contributed by atoms with Gasteiger partial charge >= 0.3 is 0 Å². The minimum Gasteiger partial charge on any atom is -0.269 e. The fourth-order valence-corrected chi connectivity index (χ4v) is 3.13. The van der Waals surface area contributed by atoms with E-state index in [4.69, 9.17) is 11.6 Å². The van der Waals surface area contributed by atoms with Crippen molar-refractivity contribution in [2.24, 2.45) is 0 Å². The Labute approximate surface area is 123 Å². The highest BCUT2D eigenvalue weighted by molar-refractivity contribution is 7.92. The average molecular weight is 312 g/mol. The molecule has 0 radical (unpaired) electrons. The smallest absolute Gasteiger partial charge is 0.267 e. The van der Waals surface area contributed by atoms with Crippen molar-refractivity contribution in [3.8, 4) is 0 Å². The standard InChI is InChI=1S/C13H14ClN3O2S/c1-9-4-5-12(10(2)6-9)17(3)20(18,19)11-7-15-13(14)16-8-11/h4-8H,1-3H3. The third-order valence-corrected chi connectivity index (χ3v) is 4.87. The summed E-state index contributed by atoms with van der Waals surface area (Å²) in [6, 6.07) is 5.57. The maximum absolute atomic E-state index is 12.5. The lowest BCUT2D eigenvalue weighted by molar-refractivity contribution is 0.593. The highest BCUT2D eigenvalue weighted by Crippen LogP contribution is 2.25. The summed E-state index contributed by atoms with van der Waals surface area (Å²) in [5.74, 6) is 0. The van der Waals surface area contributed by atoms with Gasteiger partial charge in [-0.05, 0) is 37.1 Å². The van der Waals surface area contributed by atoms with Crippen LogP contribution in [0.2, 0.25) is 5.28 Å². The van der Waals surface area contributed by atoms with Gasteiger partial charge in [-0.15, -0.1) is 0 Å². The molecule has 0 bridgehead atoms. The zero-order chi connectivity index (χ0) is 14.9. The predicted molar refractivity (Wildman–Crippen MR) is 78.5 cm³/mol. The molecule has 20 heavy (non-hydrogen) atoms. The summed E-state index contributed by atoms with van der Waals surface area (Å²) < 4.78 is 26.2. The van der Waals surface area contributed by atoms with Crippen molar-refractivity contribution >= 4 is 27.3 Å². The van der Waals surface area contributed by atoms with Crippen LogP contribution >= 0.6 is 11.6 Å². The largest absolute Gasteiger partial charge is 0.269 e. The van der Waals surface area contributed by atoms with E-state index >= 15 is 0 Å². The van der Waals surface area contributed by atoms with Gasteiger partial charge in [-0.1, -0.05) is 17.7 Å². The molecule has 0 aliphatic rings. The van der Waals surface area contributed by atoms with Crippen LogP contribution in [-0.2, 0) is 10.0 Å². The van der Waals surface area contributed by atoms with Gasteiger partial charge in [-0.3, -0.25) is 4.31 Å². The van der Waals surface area contributed by atoms with E-state index in [-0.39, 0.29) is 10.2 Å². The van der Waals surface area contributed by atoms with Crippen LogP contribution in [0.4, 0.5) is 5.69 Å². The van der Waals surface area contributed by atoms with Gasteiger partial charge in [-0.2, -0.15) is 0 Å². The zero-order valence-corrected chi connectivity index (χ0v) is 12.9. The Bertz CT molecular complexity index is 730. The van der Waals surface area contributed by atoms with Gasteiger partial charge in [0.1, 0.15) is 4.90 Å². The molecule has 2 aromatic rings. The third-order valence-electron chi connectivity index (χ3n) is 2.95. The van der Waals surface area contributed by atoms with Crippen molar-refractivity contribution in [1.82, 2.24) is 9.97 Å². The van der Waals surface area contributed by atoms with E-state index in [1.807, 2.05) is 26.0 Å². The van der Waals surface area contributed by atoms with E-state index in [9.17, 15) is 8.42 Å². The van der Waals surface area contributed by atoms with Crippen LogP contribution in [0.1, 0.15) is 11.1 Å². The predicted octanol–water partition coefficient (Wildman–Crippen LogP) is 2.57. The number of benzene rings is 1. The number of anilines is 1. The molecule has 0 aliphatic carbocycles. The van der Waals surface area contributed by atoms with Crippen molar-refractivity contribution in [2.75, 3.05) is 11.4 Å². The highest BCUT2D eigenvalue weighted by atomic mass is 35.5. The summed E-state index contributed by atoms with van der Waals surface area (Å²) in [6.45, 7) is 3.82. The molecule has 106 valence electrons. The lowest BCUT2D eigenvalue weighted by Gasteiger charge is -2.21. The monoisotopic (exact) mass is 311 g/mol. The maximum atomic E-state index is 12.5. The van der Waals surface area contributed by atoms with Crippen molar-refractivity contribution in [1.29, 1.82) is 0 Å². The fourth-order valence-electron chi connectivity index (χ4n) is 1.88. The van der Waals surface area contributed by atoms with Crippen LogP contribution in [0.15, 0.2) is 35.5 Å². The van der Waals surface area contributed by atoms with Gasteiger partial charge < -0.3 is 0 Å². The Hall–Kier alpha value is -1.66. The fraction of sp³-hybridized carbons (Fsp3) is 0.231. The molecule has 7 heteroatoms. The normalized spacial score (nSPS) is 11.4. The van der Waals surface area contributed by atoms with E-state index in [0.717, 1.165) is 11.1 Å². The van der Waals surface area contributed by atoms with Crippen LogP contribution in [0.25, 0.3) is 0 Å². The van der Waals surface area contributed by atoms with E-state index < -0.39 is 10.0 Å². The quantitative estimate of drug-likeness (QED) is 0.817. The Morgan fingerprint density at radius 1 is 1.15 bits per heavy atom. The van der Waals surface area contributed by atoms with Gasteiger partial charge in [0.25, 0.3) is 10.0 Å². The van der Waals surface area contributed by atoms with Gasteiger partial charge in [0.2, 0.25) is 5.28 Å². The first kappa shape index (κ1) is 14.7. The Morgan fingerprint density at radius 2 is 1.75 bits per heavy atom. The van der Waals surface area contributed by atoms with Crippen molar-refractivity contribution in [3.05, 3.63) is 47.0 Å². The molecule has 0 N–H and O–H groups in total. The molecule has 1 aromatic carbocycles. The number of aromatic nitrogens is 2. The summed E-state index contributed by atoms with van der Waals surface area (Å²) in [4.78, 5) is 7.42. The number of hydrogen-bond acceptors (Lipinski definition) is 4. The number of aryl methyl sites for hydroxylation is 2. The molecule has 0 aliphatic heterocycles. The molecule has 1 aromatic heterocycles. The van der Waals surface area contributed by atoms with Gasteiger partial charge in [0.05, 0.1) is 18.1 Å². The Kier molecular flexibility index (Phi) is 3.96. The summed E-state index contributed by atoms with van der Waals surface area (Å²) in [5, 5.41) is 0.0121. The number of sulfonamides is 1. The van der Waals surface area contributed by atoms with Gasteiger partial charge in [0, 0.05) is 7.05 Å². The van der Waals surface area contributed by atoms with Crippen LogP contribution in [0.5, 0.6) is 0 Å². The van der Waals surface area contributed by atoms with Crippen molar-refractivity contribution in [3.63, 3.8) is 0 Å². The number of hydrogen-bond donors (Lipinski definition) is 0. The number of rotatable bonds is 3. The van der Waals surface area contributed by atoms with Gasteiger partial charge in [0.15, 0.2) is 0 Å². The van der Waals surface area contributed by atoms with Crippen LogP contribution < -0.4 is 4.31 Å². The second-order valence-corrected chi connectivity index (χ2v) is 6.76. The summed E-state index contributed by atoms with van der Waals surface area (Å²) in [6.07, 6.45) is 2.40. The van der Waals surface area contributed by atoms with E-state index in [1.165, 1.54) is 23.7 Å². The van der Waals surface area contributed by atoms with E-state index in [1.54, 1.807) is 6.07 Å². The first-order valence-electron chi connectivity index (χ1n) is 5.86. The number of halogens is 1. The summed E-state index contributed by atoms with van der Waals surface area (Å²) in [5.41, 5.74) is 2.57. The number of nitrogens with zero attached hydrogens (tertiary/aromatic N) is 3. The first-order chi connectivity index (χ1) is 9.32. The molecule has 0 spiro atoms. The molecular weight excluding hydrogens is 298 g/mol. The molecule has 0 fully saturated rings. The summed E-state index contributed by atoms with van der Waals surface area (Å²) >= 11 is 5.57. The Morgan fingerprint density at radius 3 is 2.30 bits per heavy atom. The van der Waals surface area contributed by atoms with Crippen LogP contribution in [0.3, 0.4) is 0 Å². The zero-order valence-electron chi connectivity index (χ0n) is 11.3. The summed E-state index contributed by atoms with van der Waals surface area (Å²) in [7, 11) is -2.19. The minimum absolute atomic E-state index is 0.00405. The molecular formula is C13H14ClN3O2S.